The number of amides is 4. The molecule has 0 bridgehead atoms. The van der Waals surface area contributed by atoms with E-state index in [9.17, 15) is 24.3 Å². The largest absolute Gasteiger partial charge is 0.391 e. The number of nitrogens with one attached hydrogen (secondary N) is 4. The SMILES string of the molecule is Cc1ccc(NC(=O)c2ccc(CN3CCN(CCCCCCOCCOCCOCCOCCOCCOCC(=O)N[C@H](C(=O)N4C[C@H](O)C[C@H]4C(=O)NCc4ccc(-c5scnc5C)cc4)C(C)(C)C)CC3)cc2)cc1Nc1nccc(-c2cccnc2)n1. The molecule has 3 atom stereocenters. The number of nitrogens with zero attached hydrogens (tertiary/aromatic N) is 7. The molecular formula is C68H91N11O11S. The van der Waals surface area contributed by atoms with Gasteiger partial charge in [-0.15, -0.1) is 11.3 Å². The summed E-state index contributed by atoms with van der Waals surface area (Å²) in [6.07, 6.45) is 8.98. The Balaban J connectivity index is 0.565. The van der Waals surface area contributed by atoms with E-state index >= 15 is 0 Å². The number of anilines is 3. The molecule has 0 saturated carbocycles. The maximum atomic E-state index is 14.0. The molecule has 22 nitrogen and oxygen atoms in total. The number of rotatable bonds is 37. The first-order valence-electron chi connectivity index (χ1n) is 31.6. The van der Waals surface area contributed by atoms with Crippen LogP contribution in [0.25, 0.3) is 21.7 Å². The number of piperazine rings is 1. The van der Waals surface area contributed by atoms with E-state index in [0.29, 0.717) is 70.1 Å². The number of carbonyl (C=O) groups is 4. The van der Waals surface area contributed by atoms with E-state index in [4.69, 9.17) is 28.4 Å². The van der Waals surface area contributed by atoms with Gasteiger partial charge in [-0.2, -0.15) is 0 Å². The Morgan fingerprint density at radius 1 is 0.703 bits per heavy atom. The topological polar surface area (TPSA) is 253 Å². The number of ether oxygens (including phenoxy) is 6. The second-order valence-corrected chi connectivity index (χ2v) is 24.8. The summed E-state index contributed by atoms with van der Waals surface area (Å²) in [7, 11) is 0. The Labute approximate surface area is 539 Å². The maximum absolute atomic E-state index is 14.0. The third-order valence-corrected chi connectivity index (χ3v) is 16.7. The number of unbranched alkanes of at least 4 members (excludes halogenated alkanes) is 3. The second-order valence-electron chi connectivity index (χ2n) is 23.9. The molecule has 23 heteroatoms. The van der Waals surface area contributed by atoms with Crippen LogP contribution in [0.5, 0.6) is 0 Å². The van der Waals surface area contributed by atoms with Crippen molar-refractivity contribution < 1.29 is 52.7 Å². The van der Waals surface area contributed by atoms with Gasteiger partial charge in [-0.05, 0) is 103 Å². The highest BCUT2D eigenvalue weighted by atomic mass is 32.1. The van der Waals surface area contributed by atoms with Gasteiger partial charge in [0.25, 0.3) is 5.91 Å². The molecule has 0 aliphatic carbocycles. The number of thiazole rings is 1. The third kappa shape index (κ3) is 23.2. The summed E-state index contributed by atoms with van der Waals surface area (Å²) in [6, 6.07) is 25.3. The molecule has 2 saturated heterocycles. The molecule has 2 fully saturated rings. The molecule has 3 aromatic heterocycles. The Morgan fingerprint density at radius 2 is 1.35 bits per heavy atom. The van der Waals surface area contributed by atoms with Crippen molar-refractivity contribution in [1.29, 1.82) is 0 Å². The Kier molecular flexibility index (Phi) is 28.2. The number of hydrogen-bond acceptors (Lipinski definition) is 19. The predicted octanol–water partition coefficient (Wildman–Crippen LogP) is 7.86. The number of likely N-dealkylation sites (tertiary alicyclic amines) is 1. The Morgan fingerprint density at radius 3 is 2.00 bits per heavy atom. The summed E-state index contributed by atoms with van der Waals surface area (Å²) in [6.45, 7) is 20.3. The zero-order chi connectivity index (χ0) is 64.2. The number of pyridine rings is 1. The van der Waals surface area contributed by atoms with Crippen molar-refractivity contribution in [3.63, 3.8) is 0 Å². The van der Waals surface area contributed by atoms with Crippen LogP contribution in [-0.2, 0) is 55.9 Å². The van der Waals surface area contributed by atoms with Gasteiger partial charge in [0, 0.05) is 99.9 Å². The molecule has 490 valence electrons. The summed E-state index contributed by atoms with van der Waals surface area (Å²) in [5.41, 5.74) is 9.95. The predicted molar refractivity (Wildman–Crippen MR) is 351 cm³/mol. The Bertz CT molecular complexity index is 3180. The lowest BCUT2D eigenvalue weighted by atomic mass is 9.85. The third-order valence-electron chi connectivity index (χ3n) is 15.8. The van der Waals surface area contributed by atoms with Crippen LogP contribution in [0.2, 0.25) is 0 Å². The van der Waals surface area contributed by atoms with Gasteiger partial charge in [0.15, 0.2) is 0 Å². The van der Waals surface area contributed by atoms with Crippen LogP contribution in [0.15, 0.2) is 109 Å². The van der Waals surface area contributed by atoms with Gasteiger partial charge in [-0.1, -0.05) is 76.1 Å². The minimum atomic E-state index is -0.961. The van der Waals surface area contributed by atoms with Gasteiger partial charge >= 0.3 is 0 Å². The summed E-state index contributed by atoms with van der Waals surface area (Å²) >= 11 is 1.57. The number of aromatic nitrogens is 4. The quantitative estimate of drug-likeness (QED) is 0.0233. The number of aliphatic hydroxyl groups is 1. The second kappa shape index (κ2) is 36.8. The lowest BCUT2D eigenvalue weighted by Gasteiger charge is -2.35. The van der Waals surface area contributed by atoms with Crippen LogP contribution < -0.4 is 21.3 Å². The zero-order valence-corrected chi connectivity index (χ0v) is 54.2. The van der Waals surface area contributed by atoms with Crippen molar-refractivity contribution in [2.75, 3.05) is 129 Å². The van der Waals surface area contributed by atoms with Gasteiger partial charge in [-0.3, -0.25) is 29.1 Å². The number of carbonyl (C=O) groups excluding carboxylic acids is 4. The lowest BCUT2D eigenvalue weighted by molar-refractivity contribution is -0.144. The smallest absolute Gasteiger partial charge is 0.255 e. The van der Waals surface area contributed by atoms with Gasteiger partial charge in [0.1, 0.15) is 18.7 Å². The van der Waals surface area contributed by atoms with Crippen LogP contribution in [0.4, 0.5) is 17.3 Å². The van der Waals surface area contributed by atoms with Crippen LogP contribution in [0.1, 0.15) is 85.6 Å². The van der Waals surface area contributed by atoms with Crippen molar-refractivity contribution in [3.05, 3.63) is 137 Å². The molecule has 6 aromatic rings. The van der Waals surface area contributed by atoms with Crippen molar-refractivity contribution in [2.45, 2.75) is 98.0 Å². The summed E-state index contributed by atoms with van der Waals surface area (Å²) < 4.78 is 33.7. The van der Waals surface area contributed by atoms with Gasteiger partial charge in [0.2, 0.25) is 23.7 Å². The molecule has 5 heterocycles. The molecule has 91 heavy (non-hydrogen) atoms. The highest BCUT2D eigenvalue weighted by Gasteiger charge is 2.44. The Hall–Kier alpha value is -7.16. The summed E-state index contributed by atoms with van der Waals surface area (Å²) in [4.78, 5) is 78.7. The average molecular weight is 1270 g/mol. The van der Waals surface area contributed by atoms with Gasteiger partial charge < -0.3 is 64.6 Å². The summed E-state index contributed by atoms with van der Waals surface area (Å²) in [5.74, 6) is -0.999. The standard InChI is InChI=1S/C68H91N11O11S/c1-49-12-21-56(41-59(49)75-67-70-24-22-58(74-67)55-11-10-23-69-44-55)73-64(82)54-19-15-52(16-20-54)45-78-28-26-77(27-29-78)25-8-6-7-9-30-85-31-32-86-33-34-87-35-36-88-37-38-89-39-40-90-47-61(81)76-63(68(3,4)5)66(84)79-46-57(80)42-60(79)65(83)71-43-51-13-17-53(18-14-51)62-50(2)72-48-91-62/h10-24,41,44,48,57,60,63,80H,6-9,25-40,42-43,45-47H2,1-5H3,(H,71,83)(H,73,82)(H,76,81)(H,70,74,75)/t57-,60+,63-/m1/s1. The molecule has 0 unspecified atom stereocenters. The van der Waals surface area contributed by atoms with E-state index in [2.05, 4.69) is 63.1 Å². The minimum absolute atomic E-state index is 0.0143. The monoisotopic (exact) mass is 1270 g/mol. The van der Waals surface area contributed by atoms with Crippen molar-refractivity contribution >= 4 is 52.3 Å². The fourth-order valence-electron chi connectivity index (χ4n) is 10.6. The highest BCUT2D eigenvalue weighted by molar-refractivity contribution is 7.13. The number of aryl methyl sites for hydroxylation is 2. The lowest BCUT2D eigenvalue weighted by Crippen LogP contribution is -2.58. The van der Waals surface area contributed by atoms with E-state index in [0.717, 1.165) is 103 Å². The first kappa shape index (κ1) is 69.7. The molecule has 0 radical (unpaired) electrons. The number of benzene rings is 3. The maximum Gasteiger partial charge on any atom is 0.255 e. The number of hydrogen-bond donors (Lipinski definition) is 5. The zero-order valence-electron chi connectivity index (χ0n) is 53.4. The molecule has 4 amide bonds. The van der Waals surface area contributed by atoms with E-state index in [1.54, 1.807) is 29.9 Å². The molecule has 3 aromatic carbocycles. The molecule has 5 N–H and O–H groups in total. The van der Waals surface area contributed by atoms with E-state index in [1.807, 2.05) is 113 Å². The van der Waals surface area contributed by atoms with Gasteiger partial charge in [-0.25, -0.2) is 15.0 Å². The van der Waals surface area contributed by atoms with Crippen molar-refractivity contribution in [2.24, 2.45) is 5.41 Å². The van der Waals surface area contributed by atoms with Gasteiger partial charge in [0.05, 0.1) is 93.9 Å². The highest BCUT2D eigenvalue weighted by Crippen LogP contribution is 2.30. The number of β-amino-alcohol motifs (C(OH)–C–C–N with tert-alkyl or cyclic N) is 1. The molecule has 0 spiro atoms. The fourth-order valence-corrected chi connectivity index (χ4v) is 11.4. The van der Waals surface area contributed by atoms with Crippen molar-refractivity contribution in [3.8, 4) is 21.7 Å². The van der Waals surface area contributed by atoms with E-state index < -0.39 is 35.4 Å². The van der Waals surface area contributed by atoms with E-state index in [1.165, 1.54) is 23.3 Å². The van der Waals surface area contributed by atoms with Crippen LogP contribution in [-0.4, -0.2) is 200 Å². The minimum Gasteiger partial charge on any atom is -0.391 e. The molecule has 2 aliphatic heterocycles. The van der Waals surface area contributed by atoms with Crippen LogP contribution in [0.3, 0.4) is 0 Å². The average Bonchev–Trinajstić information content (AvgIpc) is 1.93. The van der Waals surface area contributed by atoms with E-state index in [-0.39, 0.29) is 51.1 Å². The number of aliphatic hydroxyl groups excluding tert-OH is 1. The van der Waals surface area contributed by atoms with Crippen LogP contribution in [0, 0.1) is 19.3 Å². The first-order chi connectivity index (χ1) is 44.2. The fraction of sp³-hybridized carbons (Fsp3) is 0.500. The molecule has 8 rings (SSSR count). The summed E-state index contributed by atoms with van der Waals surface area (Å²) in [5, 5.41) is 22.6. The molecular weight excluding hydrogens is 1180 g/mol. The normalized spacial score (nSPS) is 15.8. The first-order valence-corrected chi connectivity index (χ1v) is 32.5. The van der Waals surface area contributed by atoms with Crippen LogP contribution >= 0.6 is 11.3 Å². The van der Waals surface area contributed by atoms with Crippen molar-refractivity contribution in [1.82, 2.24) is 45.3 Å². The molecule has 2 aliphatic rings.